The molecule has 0 aliphatic carbocycles. The minimum atomic E-state index is 0.151. The normalized spacial score (nSPS) is 21.8. The number of anilines is 1. The zero-order valence-corrected chi connectivity index (χ0v) is 17.5. The topological polar surface area (TPSA) is 61.7 Å². The molecule has 156 valence electrons. The molecule has 2 saturated heterocycles. The lowest BCUT2D eigenvalue weighted by Crippen LogP contribution is -2.44. The molecule has 3 heterocycles. The molecule has 0 bridgehead atoms. The van der Waals surface area contributed by atoms with E-state index >= 15 is 0 Å². The van der Waals surface area contributed by atoms with E-state index in [1.54, 1.807) is 12.4 Å². The van der Waals surface area contributed by atoms with Crippen molar-refractivity contribution in [1.29, 1.82) is 0 Å². The molecule has 0 radical (unpaired) electrons. The molecule has 1 aromatic carbocycles. The average molecular weight is 397 g/mol. The Bertz CT molecular complexity index is 790. The van der Waals surface area contributed by atoms with Crippen molar-refractivity contribution in [1.82, 2.24) is 14.9 Å². The van der Waals surface area contributed by atoms with Gasteiger partial charge in [0, 0.05) is 50.1 Å². The van der Waals surface area contributed by atoms with E-state index in [4.69, 9.17) is 4.74 Å². The van der Waals surface area contributed by atoms with Crippen molar-refractivity contribution in [3.05, 3.63) is 48.3 Å². The summed E-state index contributed by atoms with van der Waals surface area (Å²) in [5.41, 5.74) is 1.40. The van der Waals surface area contributed by atoms with E-state index in [1.807, 2.05) is 12.1 Å². The van der Waals surface area contributed by atoms with Gasteiger partial charge in [-0.25, -0.2) is 9.97 Å². The summed E-state index contributed by atoms with van der Waals surface area (Å²) in [6.45, 7) is 9.13. The van der Waals surface area contributed by atoms with Crippen molar-refractivity contribution < 1.29 is 9.84 Å². The van der Waals surface area contributed by atoms with Crippen LogP contribution in [0.3, 0.4) is 0 Å². The monoisotopic (exact) mass is 396 g/mol. The number of piperidine rings is 1. The van der Waals surface area contributed by atoms with E-state index in [2.05, 4.69) is 51.8 Å². The van der Waals surface area contributed by atoms with Gasteiger partial charge in [-0.2, -0.15) is 0 Å². The third kappa shape index (κ3) is 4.38. The van der Waals surface area contributed by atoms with Crippen molar-refractivity contribution in [2.45, 2.75) is 39.3 Å². The summed E-state index contributed by atoms with van der Waals surface area (Å²) in [5.74, 6) is 2.05. The molecule has 1 N–H and O–H groups in total. The Kier molecular flexibility index (Phi) is 6.01. The van der Waals surface area contributed by atoms with Gasteiger partial charge in [0.15, 0.2) is 0 Å². The lowest BCUT2D eigenvalue weighted by molar-refractivity contribution is 0.0502. The Hall–Kier alpha value is -2.18. The van der Waals surface area contributed by atoms with E-state index in [0.29, 0.717) is 0 Å². The highest BCUT2D eigenvalue weighted by Gasteiger charge is 2.48. The van der Waals surface area contributed by atoms with Gasteiger partial charge in [0.05, 0.1) is 6.10 Å². The minimum Gasteiger partial charge on any atom is -0.491 e. The van der Waals surface area contributed by atoms with Crippen molar-refractivity contribution in [2.24, 2.45) is 11.3 Å². The van der Waals surface area contributed by atoms with E-state index in [0.717, 1.165) is 57.3 Å². The third-order valence-corrected chi connectivity index (χ3v) is 6.45. The van der Waals surface area contributed by atoms with Crippen molar-refractivity contribution >= 4 is 5.95 Å². The Labute approximate surface area is 173 Å². The number of hydrogen-bond acceptors (Lipinski definition) is 6. The maximum absolute atomic E-state index is 10.1. The summed E-state index contributed by atoms with van der Waals surface area (Å²) in [5, 5.41) is 10.1. The molecule has 0 saturated carbocycles. The fourth-order valence-corrected chi connectivity index (χ4v) is 4.86. The highest BCUT2D eigenvalue weighted by molar-refractivity contribution is 5.34. The Morgan fingerprint density at radius 3 is 2.55 bits per heavy atom. The summed E-state index contributed by atoms with van der Waals surface area (Å²) in [6, 6.07) is 10.2. The third-order valence-electron chi connectivity index (χ3n) is 6.45. The molecule has 6 heteroatoms. The molecule has 0 amide bonds. The zero-order chi connectivity index (χ0) is 20.3. The van der Waals surface area contributed by atoms with Gasteiger partial charge in [-0.05, 0) is 57.3 Å². The number of para-hydroxylation sites is 1. The number of benzene rings is 1. The molecule has 1 atom stereocenters. The molecule has 6 nitrogen and oxygen atoms in total. The Balaban J connectivity index is 1.41. The van der Waals surface area contributed by atoms with E-state index < -0.39 is 0 Å². The number of likely N-dealkylation sites (tertiary alicyclic amines) is 1. The quantitative estimate of drug-likeness (QED) is 0.810. The van der Waals surface area contributed by atoms with Gasteiger partial charge < -0.3 is 14.7 Å². The number of hydrogen-bond donors (Lipinski definition) is 1. The first-order valence-corrected chi connectivity index (χ1v) is 10.7. The zero-order valence-electron chi connectivity index (χ0n) is 17.5. The van der Waals surface area contributed by atoms with E-state index in [-0.39, 0.29) is 24.0 Å². The Morgan fingerprint density at radius 1 is 1.14 bits per heavy atom. The molecule has 2 aliphatic heterocycles. The standard InChI is InChI=1S/C23H32N4O2/c1-18(2)29-21-7-4-3-6-19(21)14-26-12-8-23(9-13-26)17-27(15-20(23)16-28)22-24-10-5-11-25-22/h3-7,10-11,18,20,28H,8-9,12-17H2,1-2H3. The van der Waals surface area contributed by atoms with Gasteiger partial charge in [0.25, 0.3) is 0 Å². The fourth-order valence-electron chi connectivity index (χ4n) is 4.86. The molecule has 2 aromatic rings. The second kappa shape index (κ2) is 8.67. The van der Waals surface area contributed by atoms with E-state index in [9.17, 15) is 5.11 Å². The number of nitrogens with zero attached hydrogens (tertiary/aromatic N) is 4. The van der Waals surface area contributed by atoms with Gasteiger partial charge in [0.1, 0.15) is 5.75 Å². The van der Waals surface area contributed by atoms with Crippen molar-refractivity contribution in [3.8, 4) is 5.75 Å². The number of rotatable bonds is 6. The smallest absolute Gasteiger partial charge is 0.225 e. The van der Waals surface area contributed by atoms with Crippen molar-refractivity contribution in [2.75, 3.05) is 37.7 Å². The van der Waals surface area contributed by atoms with Gasteiger partial charge in [-0.15, -0.1) is 0 Å². The highest BCUT2D eigenvalue weighted by Crippen LogP contribution is 2.45. The average Bonchev–Trinajstić information content (AvgIpc) is 3.10. The summed E-state index contributed by atoms with van der Waals surface area (Å²) >= 11 is 0. The number of ether oxygens (including phenoxy) is 1. The van der Waals surface area contributed by atoms with Crippen LogP contribution >= 0.6 is 0 Å². The lowest BCUT2D eigenvalue weighted by atomic mass is 9.71. The van der Waals surface area contributed by atoms with Crippen LogP contribution in [-0.4, -0.2) is 58.9 Å². The molecule has 1 aromatic heterocycles. The number of aromatic nitrogens is 2. The van der Waals surface area contributed by atoms with Crippen LogP contribution in [0.5, 0.6) is 5.75 Å². The van der Waals surface area contributed by atoms with Gasteiger partial charge in [0.2, 0.25) is 5.95 Å². The summed E-state index contributed by atoms with van der Waals surface area (Å²) in [7, 11) is 0. The molecular formula is C23H32N4O2. The van der Waals surface area contributed by atoms with Crippen LogP contribution in [0.15, 0.2) is 42.7 Å². The SMILES string of the molecule is CC(C)Oc1ccccc1CN1CCC2(CC1)CN(c1ncccn1)CC2CO. The van der Waals surface area contributed by atoms with Gasteiger partial charge in [-0.1, -0.05) is 18.2 Å². The summed E-state index contributed by atoms with van der Waals surface area (Å²) < 4.78 is 6.00. The first kappa shape index (κ1) is 20.1. The molecule has 1 unspecified atom stereocenters. The number of aliphatic hydroxyl groups is 1. The van der Waals surface area contributed by atoms with Crippen LogP contribution in [0.25, 0.3) is 0 Å². The first-order chi connectivity index (χ1) is 14.1. The van der Waals surface area contributed by atoms with Crippen molar-refractivity contribution in [3.63, 3.8) is 0 Å². The molecule has 29 heavy (non-hydrogen) atoms. The molecule has 2 aliphatic rings. The first-order valence-electron chi connectivity index (χ1n) is 10.7. The second-order valence-electron chi connectivity index (χ2n) is 8.72. The van der Waals surface area contributed by atoms with Crippen LogP contribution in [0.2, 0.25) is 0 Å². The van der Waals surface area contributed by atoms with Gasteiger partial charge >= 0.3 is 0 Å². The summed E-state index contributed by atoms with van der Waals surface area (Å²) in [4.78, 5) is 13.6. The van der Waals surface area contributed by atoms with Crippen LogP contribution in [0.4, 0.5) is 5.95 Å². The largest absolute Gasteiger partial charge is 0.491 e. The number of aliphatic hydroxyl groups excluding tert-OH is 1. The van der Waals surface area contributed by atoms with Crippen LogP contribution in [0.1, 0.15) is 32.3 Å². The predicted molar refractivity (Wildman–Crippen MR) is 114 cm³/mol. The minimum absolute atomic E-state index is 0.151. The maximum atomic E-state index is 10.1. The van der Waals surface area contributed by atoms with E-state index in [1.165, 1.54) is 5.56 Å². The summed E-state index contributed by atoms with van der Waals surface area (Å²) in [6.07, 6.45) is 5.95. The van der Waals surface area contributed by atoms with Crippen LogP contribution < -0.4 is 9.64 Å². The molecular weight excluding hydrogens is 364 g/mol. The van der Waals surface area contributed by atoms with Gasteiger partial charge in [-0.3, -0.25) is 4.90 Å². The Morgan fingerprint density at radius 2 is 1.86 bits per heavy atom. The second-order valence-corrected chi connectivity index (χ2v) is 8.72. The molecule has 2 fully saturated rings. The van der Waals surface area contributed by atoms with Crippen LogP contribution in [-0.2, 0) is 6.54 Å². The lowest BCUT2D eigenvalue weighted by Gasteiger charge is -2.42. The molecule has 1 spiro atoms. The highest BCUT2D eigenvalue weighted by atomic mass is 16.5. The predicted octanol–water partition coefficient (Wildman–Crippen LogP) is 2.97. The fraction of sp³-hybridized carbons (Fsp3) is 0.565. The molecule has 4 rings (SSSR count). The van der Waals surface area contributed by atoms with Crippen LogP contribution in [0, 0.1) is 11.3 Å². The maximum Gasteiger partial charge on any atom is 0.225 e.